The van der Waals surface area contributed by atoms with E-state index in [0.717, 1.165) is 4.57 Å². The van der Waals surface area contributed by atoms with E-state index in [9.17, 15) is 9.59 Å². The minimum absolute atomic E-state index is 0.128. The van der Waals surface area contributed by atoms with Gasteiger partial charge in [0.2, 0.25) is 0 Å². The van der Waals surface area contributed by atoms with Gasteiger partial charge in [-0.1, -0.05) is 12.1 Å². The van der Waals surface area contributed by atoms with Crippen LogP contribution in [0.15, 0.2) is 47.3 Å². The Labute approximate surface area is 142 Å². The van der Waals surface area contributed by atoms with Gasteiger partial charge >= 0.3 is 5.97 Å². The molecule has 3 rings (SSSR count). The molecule has 0 unspecified atom stereocenters. The van der Waals surface area contributed by atoms with Gasteiger partial charge in [0.1, 0.15) is 18.0 Å². The van der Waals surface area contributed by atoms with Crippen LogP contribution >= 0.6 is 0 Å². The van der Waals surface area contributed by atoms with Crippen LogP contribution in [0.5, 0.6) is 5.75 Å². The third kappa shape index (κ3) is 3.05. The summed E-state index contributed by atoms with van der Waals surface area (Å²) in [6.45, 7) is -0.492. The summed E-state index contributed by atoms with van der Waals surface area (Å²) in [7, 11) is 1.49. The predicted molar refractivity (Wildman–Crippen MR) is 90.3 cm³/mol. The molecule has 1 aromatic heterocycles. The number of carbonyl (C=O) groups is 1. The van der Waals surface area contributed by atoms with Crippen LogP contribution in [-0.4, -0.2) is 27.7 Å². The number of fused-ring (bicyclic) bond motifs is 1. The van der Waals surface area contributed by atoms with Crippen molar-refractivity contribution in [3.05, 3.63) is 58.4 Å². The molecule has 1 N–H and O–H groups in total. The molecule has 1 heterocycles. The molecule has 0 saturated carbocycles. The summed E-state index contributed by atoms with van der Waals surface area (Å²) in [6.07, 6.45) is 0. The van der Waals surface area contributed by atoms with Crippen molar-refractivity contribution >= 4 is 17.0 Å². The summed E-state index contributed by atoms with van der Waals surface area (Å²) >= 11 is 0. The number of rotatable bonds is 4. The lowest BCUT2D eigenvalue weighted by atomic mass is 10.1. The Morgan fingerprint density at radius 1 is 1.28 bits per heavy atom. The molecule has 0 bridgehead atoms. The van der Waals surface area contributed by atoms with Gasteiger partial charge < -0.3 is 9.84 Å². The molecule has 0 saturated heterocycles. The molecule has 3 aromatic rings. The smallest absolute Gasteiger partial charge is 0.323 e. The number of ether oxygens (including phenoxy) is 1. The first-order chi connectivity index (χ1) is 12.0. The summed E-state index contributed by atoms with van der Waals surface area (Å²) in [5.74, 6) is -0.637. The molecule has 7 heteroatoms. The van der Waals surface area contributed by atoms with E-state index in [-0.39, 0.29) is 5.69 Å². The average molecular weight is 335 g/mol. The van der Waals surface area contributed by atoms with Crippen molar-refractivity contribution in [1.29, 1.82) is 5.26 Å². The van der Waals surface area contributed by atoms with Crippen molar-refractivity contribution in [3.63, 3.8) is 0 Å². The highest BCUT2D eigenvalue weighted by Crippen LogP contribution is 2.22. The monoisotopic (exact) mass is 335 g/mol. The van der Waals surface area contributed by atoms with Gasteiger partial charge in [-0.3, -0.25) is 14.2 Å². The zero-order valence-electron chi connectivity index (χ0n) is 13.3. The van der Waals surface area contributed by atoms with E-state index in [1.807, 2.05) is 6.07 Å². The number of nitrogens with zero attached hydrogens (tertiary/aromatic N) is 3. The second-order valence-electron chi connectivity index (χ2n) is 5.29. The fourth-order valence-electron chi connectivity index (χ4n) is 2.53. The van der Waals surface area contributed by atoms with Gasteiger partial charge in [-0.15, -0.1) is 0 Å². The van der Waals surface area contributed by atoms with Crippen LogP contribution in [0.3, 0.4) is 0 Å². The summed E-state index contributed by atoms with van der Waals surface area (Å²) in [4.78, 5) is 28.4. The van der Waals surface area contributed by atoms with Gasteiger partial charge in [0.25, 0.3) is 5.56 Å². The van der Waals surface area contributed by atoms with Crippen molar-refractivity contribution in [1.82, 2.24) is 9.55 Å². The normalized spacial score (nSPS) is 10.4. The number of nitriles is 1. The van der Waals surface area contributed by atoms with E-state index in [4.69, 9.17) is 15.1 Å². The fraction of sp³-hybridized carbons (Fsp3) is 0.111. The van der Waals surface area contributed by atoms with Crippen LogP contribution in [0.4, 0.5) is 0 Å². The molecule has 0 aliphatic carbocycles. The molecule has 0 radical (unpaired) electrons. The van der Waals surface area contributed by atoms with E-state index in [1.54, 1.807) is 42.5 Å². The molecule has 0 fully saturated rings. The molecule has 7 nitrogen and oxygen atoms in total. The Hall–Kier alpha value is -3.66. The second-order valence-corrected chi connectivity index (χ2v) is 5.29. The molecule has 0 aliphatic rings. The lowest BCUT2D eigenvalue weighted by molar-refractivity contribution is -0.137. The van der Waals surface area contributed by atoms with E-state index in [0.29, 0.717) is 27.9 Å². The standard InChI is InChI=1S/C18H13N3O4/c1-25-13-6-7-14-15(8-13)21(10-16(22)23)18(24)17(20-14)12-4-2-11(9-19)3-5-12/h2-8H,10H2,1H3,(H,22,23). The number of aliphatic carboxylic acids is 1. The Morgan fingerprint density at radius 3 is 2.60 bits per heavy atom. The Bertz CT molecular complexity index is 1060. The molecule has 0 aliphatic heterocycles. The Balaban J connectivity index is 2.29. The predicted octanol–water partition coefficient (Wildman–Crippen LogP) is 2.03. The minimum atomic E-state index is -1.14. The molecule has 0 amide bonds. The number of carboxylic acids is 1. The number of hydrogen-bond acceptors (Lipinski definition) is 5. The molecule has 0 atom stereocenters. The highest BCUT2D eigenvalue weighted by molar-refractivity contribution is 5.81. The van der Waals surface area contributed by atoms with Gasteiger partial charge in [0.15, 0.2) is 0 Å². The Morgan fingerprint density at radius 2 is 2.00 bits per heavy atom. The van der Waals surface area contributed by atoms with E-state index < -0.39 is 18.1 Å². The lowest BCUT2D eigenvalue weighted by Gasteiger charge is -2.11. The number of carboxylic acid groups (broad SMARTS) is 1. The first kappa shape index (κ1) is 16.2. The van der Waals surface area contributed by atoms with Crippen LogP contribution in [0.1, 0.15) is 5.56 Å². The van der Waals surface area contributed by atoms with Gasteiger partial charge in [0.05, 0.1) is 29.8 Å². The van der Waals surface area contributed by atoms with Gasteiger partial charge in [-0.25, -0.2) is 4.98 Å². The second kappa shape index (κ2) is 6.45. The quantitative estimate of drug-likeness (QED) is 0.782. The molecular formula is C18H13N3O4. The summed E-state index contributed by atoms with van der Waals surface area (Å²) in [5, 5.41) is 18.0. The summed E-state index contributed by atoms with van der Waals surface area (Å²) in [5.41, 5.74) is 1.43. The van der Waals surface area contributed by atoms with Crippen molar-refractivity contribution in [2.24, 2.45) is 0 Å². The summed E-state index contributed by atoms with van der Waals surface area (Å²) in [6, 6.07) is 13.3. The highest BCUT2D eigenvalue weighted by Gasteiger charge is 2.15. The zero-order chi connectivity index (χ0) is 18.0. The first-order valence-electron chi connectivity index (χ1n) is 7.34. The molecule has 0 spiro atoms. The third-order valence-electron chi connectivity index (χ3n) is 3.73. The van der Waals surface area contributed by atoms with Crippen LogP contribution < -0.4 is 10.3 Å². The zero-order valence-corrected chi connectivity index (χ0v) is 13.3. The van der Waals surface area contributed by atoms with Crippen LogP contribution in [0, 0.1) is 11.3 Å². The van der Waals surface area contributed by atoms with Crippen LogP contribution in [-0.2, 0) is 11.3 Å². The van der Waals surface area contributed by atoms with Gasteiger partial charge in [-0.2, -0.15) is 5.26 Å². The molecular weight excluding hydrogens is 322 g/mol. The highest BCUT2D eigenvalue weighted by atomic mass is 16.5. The van der Waals surface area contributed by atoms with Gasteiger partial charge in [-0.05, 0) is 24.3 Å². The molecule has 124 valence electrons. The summed E-state index contributed by atoms with van der Waals surface area (Å²) < 4.78 is 6.29. The number of methoxy groups -OCH3 is 1. The SMILES string of the molecule is COc1ccc2nc(-c3ccc(C#N)cc3)c(=O)n(CC(=O)O)c2c1. The maximum Gasteiger partial charge on any atom is 0.323 e. The van der Waals surface area contributed by atoms with Crippen molar-refractivity contribution in [2.75, 3.05) is 7.11 Å². The maximum absolute atomic E-state index is 12.8. The van der Waals surface area contributed by atoms with Crippen LogP contribution in [0.25, 0.3) is 22.3 Å². The lowest BCUT2D eigenvalue weighted by Crippen LogP contribution is -2.27. The van der Waals surface area contributed by atoms with E-state index >= 15 is 0 Å². The number of benzene rings is 2. The largest absolute Gasteiger partial charge is 0.497 e. The number of hydrogen-bond donors (Lipinski definition) is 1. The molecule has 25 heavy (non-hydrogen) atoms. The first-order valence-corrected chi connectivity index (χ1v) is 7.34. The van der Waals surface area contributed by atoms with Crippen LogP contribution in [0.2, 0.25) is 0 Å². The van der Waals surface area contributed by atoms with Crippen molar-refractivity contribution in [3.8, 4) is 23.1 Å². The topological polar surface area (TPSA) is 105 Å². The average Bonchev–Trinajstić information content (AvgIpc) is 2.63. The number of aromatic nitrogens is 2. The third-order valence-corrected chi connectivity index (χ3v) is 3.73. The fourth-order valence-corrected chi connectivity index (χ4v) is 2.53. The maximum atomic E-state index is 12.8. The van der Waals surface area contributed by atoms with E-state index in [2.05, 4.69) is 4.98 Å². The van der Waals surface area contributed by atoms with Crippen molar-refractivity contribution < 1.29 is 14.6 Å². The van der Waals surface area contributed by atoms with Gasteiger partial charge in [0, 0.05) is 11.6 Å². The minimum Gasteiger partial charge on any atom is -0.497 e. The molecule has 2 aromatic carbocycles. The van der Waals surface area contributed by atoms with E-state index in [1.165, 1.54) is 7.11 Å². The van der Waals surface area contributed by atoms with Crippen molar-refractivity contribution in [2.45, 2.75) is 6.54 Å². The Kier molecular flexibility index (Phi) is 4.18.